The summed E-state index contributed by atoms with van der Waals surface area (Å²) in [6.45, 7) is 0. The molecule has 4 aromatic rings. The van der Waals surface area contributed by atoms with Crippen LogP contribution in [0.25, 0.3) is 34.2 Å². The van der Waals surface area contributed by atoms with Crippen LogP contribution in [0.4, 0.5) is 0 Å². The highest BCUT2D eigenvalue weighted by molar-refractivity contribution is 6.02. The lowest BCUT2D eigenvalue weighted by Gasteiger charge is -1.99. The lowest BCUT2D eigenvalue weighted by atomic mass is 10.1. The molecular formula is C23H18N4O3. The standard InChI is InChI=1S/C23H18N4O3/c1-25-23(28)16(13-24)11-17-14-27(18-8-4-3-5-9-18)26-21(17)20-12-15-7-6-10-19(29-2)22(15)30-20/h3-12,14H,1-2H3,(H,25,28). The molecule has 0 saturated carbocycles. The van der Waals surface area contributed by atoms with Gasteiger partial charge in [-0.1, -0.05) is 30.3 Å². The summed E-state index contributed by atoms with van der Waals surface area (Å²) < 4.78 is 13.1. The summed E-state index contributed by atoms with van der Waals surface area (Å²) in [6.07, 6.45) is 3.26. The highest BCUT2D eigenvalue weighted by atomic mass is 16.5. The minimum absolute atomic E-state index is 0.0277. The van der Waals surface area contributed by atoms with Crippen LogP contribution in [0.5, 0.6) is 5.75 Å². The van der Waals surface area contributed by atoms with E-state index in [0.29, 0.717) is 28.4 Å². The van der Waals surface area contributed by atoms with Crippen molar-refractivity contribution in [3.63, 3.8) is 0 Å². The Hall–Kier alpha value is -4.31. The summed E-state index contributed by atoms with van der Waals surface area (Å²) in [4.78, 5) is 12.0. The first-order chi connectivity index (χ1) is 14.6. The maximum atomic E-state index is 12.0. The lowest BCUT2D eigenvalue weighted by molar-refractivity contribution is -0.116. The molecule has 4 rings (SSSR count). The summed E-state index contributed by atoms with van der Waals surface area (Å²) >= 11 is 0. The second kappa shape index (κ2) is 7.97. The Morgan fingerprint density at radius 1 is 1.23 bits per heavy atom. The van der Waals surface area contributed by atoms with E-state index in [1.165, 1.54) is 13.1 Å². The fraction of sp³-hybridized carbons (Fsp3) is 0.0870. The third kappa shape index (κ3) is 3.42. The molecular weight excluding hydrogens is 380 g/mol. The second-order valence-corrected chi connectivity index (χ2v) is 6.45. The second-order valence-electron chi connectivity index (χ2n) is 6.45. The van der Waals surface area contributed by atoms with Crippen molar-refractivity contribution >= 4 is 23.0 Å². The number of furan rings is 1. The van der Waals surface area contributed by atoms with Crippen LogP contribution >= 0.6 is 0 Å². The topological polar surface area (TPSA) is 93.1 Å². The Morgan fingerprint density at radius 2 is 2.03 bits per heavy atom. The number of ether oxygens (including phenoxy) is 1. The quantitative estimate of drug-likeness (QED) is 0.406. The molecule has 0 atom stereocenters. The maximum absolute atomic E-state index is 12.0. The number of carbonyl (C=O) groups is 1. The third-order valence-corrected chi connectivity index (χ3v) is 4.62. The fourth-order valence-corrected chi connectivity index (χ4v) is 3.15. The van der Waals surface area contributed by atoms with Gasteiger partial charge in [-0.05, 0) is 30.3 Å². The average molecular weight is 398 g/mol. The highest BCUT2D eigenvalue weighted by Crippen LogP contribution is 2.35. The van der Waals surface area contributed by atoms with Crippen LogP contribution in [0.1, 0.15) is 5.56 Å². The number of methoxy groups -OCH3 is 1. The van der Waals surface area contributed by atoms with Gasteiger partial charge in [-0.2, -0.15) is 10.4 Å². The molecule has 1 amide bonds. The van der Waals surface area contributed by atoms with Crippen LogP contribution in [0.3, 0.4) is 0 Å². The van der Waals surface area contributed by atoms with Crippen molar-refractivity contribution < 1.29 is 13.9 Å². The minimum Gasteiger partial charge on any atom is -0.493 e. The smallest absolute Gasteiger partial charge is 0.261 e. The van der Waals surface area contributed by atoms with Crippen LogP contribution in [0.2, 0.25) is 0 Å². The molecule has 1 N–H and O–H groups in total. The molecule has 0 aliphatic heterocycles. The molecule has 7 heteroatoms. The number of fused-ring (bicyclic) bond motifs is 1. The zero-order valence-electron chi connectivity index (χ0n) is 16.4. The van der Waals surface area contributed by atoms with Crippen molar-refractivity contribution in [3.05, 3.63) is 71.9 Å². The van der Waals surface area contributed by atoms with Crippen LogP contribution in [-0.2, 0) is 4.79 Å². The van der Waals surface area contributed by atoms with Crippen LogP contribution in [0, 0.1) is 11.3 Å². The number of hydrogen-bond acceptors (Lipinski definition) is 5. The third-order valence-electron chi connectivity index (χ3n) is 4.62. The molecule has 0 aliphatic carbocycles. The Morgan fingerprint density at radius 3 is 2.73 bits per heavy atom. The van der Waals surface area contributed by atoms with Crippen molar-refractivity contribution in [3.8, 4) is 29.0 Å². The van der Waals surface area contributed by atoms with Gasteiger partial charge in [0.25, 0.3) is 5.91 Å². The van der Waals surface area contributed by atoms with E-state index >= 15 is 0 Å². The van der Waals surface area contributed by atoms with E-state index in [4.69, 9.17) is 9.15 Å². The Balaban J connectivity index is 1.92. The molecule has 0 spiro atoms. The normalized spacial score (nSPS) is 11.3. The summed E-state index contributed by atoms with van der Waals surface area (Å²) in [5.74, 6) is 0.647. The van der Waals surface area contributed by atoms with Crippen LogP contribution in [-0.4, -0.2) is 29.8 Å². The number of likely N-dealkylation sites (N-methyl/N-ethyl adjacent to an activating group) is 1. The van der Waals surface area contributed by atoms with Crippen molar-refractivity contribution in [2.75, 3.05) is 14.2 Å². The van der Waals surface area contributed by atoms with Gasteiger partial charge in [0.2, 0.25) is 0 Å². The van der Waals surface area contributed by atoms with Crippen molar-refractivity contribution in [1.82, 2.24) is 15.1 Å². The van der Waals surface area contributed by atoms with E-state index in [2.05, 4.69) is 10.4 Å². The Labute approximate surface area is 172 Å². The Kier molecular flexibility index (Phi) is 5.06. The molecule has 7 nitrogen and oxygen atoms in total. The number of hydrogen-bond donors (Lipinski definition) is 1. The van der Waals surface area contributed by atoms with E-state index < -0.39 is 5.91 Å². The minimum atomic E-state index is -0.470. The van der Waals surface area contributed by atoms with Crippen molar-refractivity contribution in [2.45, 2.75) is 0 Å². The first-order valence-electron chi connectivity index (χ1n) is 9.20. The number of rotatable bonds is 5. The van der Waals surface area contributed by atoms with Crippen molar-refractivity contribution in [2.24, 2.45) is 0 Å². The molecule has 0 unspecified atom stereocenters. The van der Waals surface area contributed by atoms with E-state index in [9.17, 15) is 10.1 Å². The zero-order chi connectivity index (χ0) is 21.1. The van der Waals surface area contributed by atoms with E-state index in [-0.39, 0.29) is 5.57 Å². The summed E-state index contributed by atoms with van der Waals surface area (Å²) in [7, 11) is 3.06. The summed E-state index contributed by atoms with van der Waals surface area (Å²) in [5.41, 5.74) is 2.50. The SMILES string of the molecule is CNC(=O)C(C#N)=Cc1cn(-c2ccccc2)nc1-c1cc2cccc(OC)c2o1. The van der Waals surface area contributed by atoms with Gasteiger partial charge in [0.15, 0.2) is 17.1 Å². The molecule has 2 aromatic carbocycles. The van der Waals surface area contributed by atoms with Gasteiger partial charge in [0.05, 0.1) is 12.8 Å². The number of benzene rings is 2. The number of nitrogens with zero attached hydrogens (tertiary/aromatic N) is 3. The first kappa shape index (κ1) is 19.0. The lowest BCUT2D eigenvalue weighted by Crippen LogP contribution is -2.19. The van der Waals surface area contributed by atoms with Crippen LogP contribution in [0.15, 0.2) is 70.8 Å². The van der Waals surface area contributed by atoms with E-state index in [0.717, 1.165) is 11.1 Å². The molecule has 0 bridgehead atoms. The van der Waals surface area contributed by atoms with Gasteiger partial charge in [-0.3, -0.25) is 4.79 Å². The molecule has 0 saturated heterocycles. The van der Waals surface area contributed by atoms with Gasteiger partial charge in [0.1, 0.15) is 17.3 Å². The number of para-hydroxylation sites is 2. The number of carbonyl (C=O) groups excluding carboxylic acids is 1. The Bertz CT molecular complexity index is 1290. The number of amides is 1. The highest BCUT2D eigenvalue weighted by Gasteiger charge is 2.18. The predicted molar refractivity (Wildman–Crippen MR) is 113 cm³/mol. The monoisotopic (exact) mass is 398 g/mol. The van der Waals surface area contributed by atoms with E-state index in [1.807, 2.05) is 60.7 Å². The van der Waals surface area contributed by atoms with Gasteiger partial charge in [-0.15, -0.1) is 0 Å². The molecule has 0 aliphatic rings. The molecule has 148 valence electrons. The largest absolute Gasteiger partial charge is 0.493 e. The molecule has 0 radical (unpaired) electrons. The predicted octanol–water partition coefficient (Wildman–Crippen LogP) is 3.95. The van der Waals surface area contributed by atoms with Gasteiger partial charge >= 0.3 is 0 Å². The summed E-state index contributed by atoms with van der Waals surface area (Å²) in [6, 6.07) is 19.0. The van der Waals surface area contributed by atoms with Crippen LogP contribution < -0.4 is 10.1 Å². The van der Waals surface area contributed by atoms with Gasteiger partial charge in [-0.25, -0.2) is 4.68 Å². The average Bonchev–Trinajstić information content (AvgIpc) is 3.41. The molecule has 2 heterocycles. The van der Waals surface area contributed by atoms with Crippen molar-refractivity contribution in [1.29, 1.82) is 5.26 Å². The van der Waals surface area contributed by atoms with Gasteiger partial charge in [0, 0.05) is 24.2 Å². The summed E-state index contributed by atoms with van der Waals surface area (Å²) in [5, 5.41) is 17.4. The van der Waals surface area contributed by atoms with Gasteiger partial charge < -0.3 is 14.5 Å². The first-order valence-corrected chi connectivity index (χ1v) is 9.20. The zero-order valence-corrected chi connectivity index (χ0v) is 16.4. The molecule has 30 heavy (non-hydrogen) atoms. The fourth-order valence-electron chi connectivity index (χ4n) is 3.15. The molecule has 0 fully saturated rings. The number of nitriles is 1. The number of aromatic nitrogens is 2. The van der Waals surface area contributed by atoms with E-state index in [1.54, 1.807) is 18.0 Å². The maximum Gasteiger partial charge on any atom is 0.261 e. The number of nitrogens with one attached hydrogen (secondary N) is 1. The molecule has 2 aromatic heterocycles.